The van der Waals surface area contributed by atoms with Gasteiger partial charge >= 0.3 is 11.4 Å². The minimum atomic E-state index is -0.739. The molecule has 0 saturated carbocycles. The molecule has 5 rings (SSSR count). The summed E-state index contributed by atoms with van der Waals surface area (Å²) >= 11 is 0. The molecule has 2 bridgehead atoms. The Kier molecular flexibility index (Phi) is 2.90. The number of para-hydroxylation sites is 1. The quantitative estimate of drug-likeness (QED) is 0.782. The summed E-state index contributed by atoms with van der Waals surface area (Å²) in [5.74, 6) is -0.133. The average molecular weight is 312 g/mol. The molecule has 3 aliphatic heterocycles. The fraction of sp³-hybridized carbons (Fsp3) is 0.312. The van der Waals surface area contributed by atoms with Crippen molar-refractivity contribution in [1.29, 1.82) is 0 Å². The van der Waals surface area contributed by atoms with Crippen LogP contribution in [0.4, 0.5) is 0 Å². The van der Waals surface area contributed by atoms with E-state index in [1.807, 2.05) is 19.1 Å². The molecule has 1 aromatic carbocycles. The van der Waals surface area contributed by atoms with E-state index >= 15 is 0 Å². The topological polar surface area (TPSA) is 69.2 Å². The summed E-state index contributed by atoms with van der Waals surface area (Å²) < 4.78 is 3.78. The van der Waals surface area contributed by atoms with Crippen molar-refractivity contribution in [3.8, 4) is 5.69 Å². The number of nitrogens with zero attached hydrogens (tertiary/aromatic N) is 4. The lowest BCUT2D eigenvalue weighted by Gasteiger charge is -2.41. The zero-order chi connectivity index (χ0) is 16.1. The molecule has 7 nitrogen and oxygen atoms in total. The standard InChI is InChI=1S/C16H16N4O3/c1-2-10-17-13-9-8-12(14(17)21)19-15(22)18(16(23)20(13)19)11-6-4-3-5-7-11/h3-9,12-13H,2,10H2,1H3. The number of hydrogen-bond acceptors (Lipinski definition) is 3. The monoisotopic (exact) mass is 312 g/mol. The predicted octanol–water partition coefficient (Wildman–Crippen LogP) is 0.662. The van der Waals surface area contributed by atoms with Crippen molar-refractivity contribution >= 4 is 5.91 Å². The molecule has 23 heavy (non-hydrogen) atoms. The van der Waals surface area contributed by atoms with Crippen LogP contribution in [0.2, 0.25) is 0 Å². The van der Waals surface area contributed by atoms with Crippen LogP contribution in [0, 0.1) is 0 Å². The fourth-order valence-corrected chi connectivity index (χ4v) is 3.34. The minimum absolute atomic E-state index is 0.133. The average Bonchev–Trinajstić information content (AvgIpc) is 2.84. The normalized spacial score (nSPS) is 21.8. The van der Waals surface area contributed by atoms with E-state index in [0.717, 1.165) is 11.0 Å². The number of carbonyl (C=O) groups excluding carboxylic acids is 1. The van der Waals surface area contributed by atoms with Crippen molar-refractivity contribution in [3.05, 3.63) is 63.5 Å². The molecule has 4 heterocycles. The molecule has 7 heteroatoms. The Morgan fingerprint density at radius 3 is 2.35 bits per heavy atom. The first kappa shape index (κ1) is 13.8. The van der Waals surface area contributed by atoms with Gasteiger partial charge < -0.3 is 4.90 Å². The highest BCUT2D eigenvalue weighted by atomic mass is 16.2. The second kappa shape index (κ2) is 4.84. The molecular weight excluding hydrogens is 296 g/mol. The van der Waals surface area contributed by atoms with Crippen LogP contribution in [0.25, 0.3) is 5.69 Å². The lowest BCUT2D eigenvalue weighted by Crippen LogP contribution is -2.55. The van der Waals surface area contributed by atoms with Crippen molar-refractivity contribution in [1.82, 2.24) is 18.8 Å². The summed E-state index contributed by atoms with van der Waals surface area (Å²) in [5, 5.41) is 0. The Balaban J connectivity index is 1.97. The molecule has 2 unspecified atom stereocenters. The van der Waals surface area contributed by atoms with Gasteiger partial charge in [0.1, 0.15) is 6.17 Å². The van der Waals surface area contributed by atoms with Gasteiger partial charge in [-0.1, -0.05) is 31.2 Å². The second-order valence-corrected chi connectivity index (χ2v) is 5.70. The smallest absolute Gasteiger partial charge is 0.315 e. The van der Waals surface area contributed by atoms with Crippen LogP contribution in [0.3, 0.4) is 0 Å². The fourth-order valence-electron chi connectivity index (χ4n) is 3.34. The highest BCUT2D eigenvalue weighted by Crippen LogP contribution is 2.31. The molecule has 0 fully saturated rings. The van der Waals surface area contributed by atoms with Gasteiger partial charge in [-0.05, 0) is 24.6 Å². The number of rotatable bonds is 3. The summed E-state index contributed by atoms with van der Waals surface area (Å²) in [6, 6.07) is 8.03. The molecule has 2 aromatic rings. The minimum Gasteiger partial charge on any atom is -0.315 e. The van der Waals surface area contributed by atoms with E-state index in [1.54, 1.807) is 35.2 Å². The Labute approximate surface area is 131 Å². The lowest BCUT2D eigenvalue weighted by atomic mass is 10.1. The molecule has 118 valence electrons. The third kappa shape index (κ3) is 1.73. The van der Waals surface area contributed by atoms with Crippen LogP contribution in [0.5, 0.6) is 0 Å². The molecule has 3 aliphatic rings. The maximum Gasteiger partial charge on any atom is 0.354 e. The first-order chi connectivity index (χ1) is 11.1. The van der Waals surface area contributed by atoms with Gasteiger partial charge in [0.15, 0.2) is 6.04 Å². The molecule has 1 amide bonds. The molecule has 2 atom stereocenters. The Morgan fingerprint density at radius 1 is 0.957 bits per heavy atom. The number of hydrogen-bond donors (Lipinski definition) is 0. The Bertz CT molecular complexity index is 919. The van der Waals surface area contributed by atoms with Crippen LogP contribution >= 0.6 is 0 Å². The van der Waals surface area contributed by atoms with E-state index in [0.29, 0.717) is 12.2 Å². The predicted molar refractivity (Wildman–Crippen MR) is 83.5 cm³/mol. The molecule has 0 saturated heterocycles. The van der Waals surface area contributed by atoms with Crippen LogP contribution in [0.15, 0.2) is 52.1 Å². The first-order valence-electron chi connectivity index (χ1n) is 7.65. The third-order valence-corrected chi connectivity index (χ3v) is 4.32. The maximum atomic E-state index is 12.8. The summed E-state index contributed by atoms with van der Waals surface area (Å²) in [6.45, 7) is 2.53. The highest BCUT2D eigenvalue weighted by molar-refractivity contribution is 5.84. The number of carbonyl (C=O) groups is 1. The number of fused-ring (bicyclic) bond motifs is 1. The maximum absolute atomic E-state index is 12.8. The zero-order valence-electron chi connectivity index (χ0n) is 12.6. The molecule has 1 aromatic heterocycles. The van der Waals surface area contributed by atoms with E-state index in [4.69, 9.17) is 0 Å². The van der Waals surface area contributed by atoms with Gasteiger partial charge in [-0.15, -0.1) is 0 Å². The van der Waals surface area contributed by atoms with Gasteiger partial charge in [0.25, 0.3) is 5.91 Å². The summed E-state index contributed by atoms with van der Waals surface area (Å²) in [5.41, 5.74) is -0.398. The SMILES string of the molecule is CCCN1C(=O)C2C=CC1n1c(=O)n(-c3ccccc3)c(=O)n12. The van der Waals surface area contributed by atoms with E-state index < -0.39 is 23.6 Å². The number of amides is 1. The van der Waals surface area contributed by atoms with Crippen LogP contribution in [0.1, 0.15) is 25.6 Å². The van der Waals surface area contributed by atoms with Crippen LogP contribution < -0.4 is 11.4 Å². The second-order valence-electron chi connectivity index (χ2n) is 5.70. The van der Waals surface area contributed by atoms with Gasteiger partial charge in [0.05, 0.1) is 5.69 Å². The highest BCUT2D eigenvalue weighted by Gasteiger charge is 2.43. The van der Waals surface area contributed by atoms with Crippen molar-refractivity contribution in [2.45, 2.75) is 25.6 Å². The lowest BCUT2D eigenvalue weighted by molar-refractivity contribution is -0.143. The van der Waals surface area contributed by atoms with Gasteiger partial charge in [0, 0.05) is 6.54 Å². The van der Waals surface area contributed by atoms with Crippen molar-refractivity contribution in [2.24, 2.45) is 0 Å². The third-order valence-electron chi connectivity index (χ3n) is 4.32. The summed E-state index contributed by atoms with van der Waals surface area (Å²) in [6.07, 6.45) is 3.78. The molecule has 0 spiro atoms. The van der Waals surface area contributed by atoms with Crippen LogP contribution in [-0.2, 0) is 4.79 Å². The van der Waals surface area contributed by atoms with Crippen molar-refractivity contribution < 1.29 is 4.79 Å². The molecule has 0 aliphatic carbocycles. The van der Waals surface area contributed by atoms with Gasteiger partial charge in [-0.3, -0.25) is 4.79 Å². The van der Waals surface area contributed by atoms with Crippen LogP contribution in [-0.4, -0.2) is 31.3 Å². The summed E-state index contributed by atoms with van der Waals surface area (Å²) in [7, 11) is 0. The van der Waals surface area contributed by atoms with Gasteiger partial charge in [0.2, 0.25) is 0 Å². The molecule has 0 N–H and O–H groups in total. The van der Waals surface area contributed by atoms with Gasteiger partial charge in [-0.2, -0.15) is 0 Å². The van der Waals surface area contributed by atoms with E-state index in [-0.39, 0.29) is 5.91 Å². The van der Waals surface area contributed by atoms with Gasteiger partial charge in [-0.25, -0.2) is 23.5 Å². The van der Waals surface area contributed by atoms with E-state index in [1.165, 1.54) is 9.36 Å². The Hall–Kier alpha value is -2.83. The van der Waals surface area contributed by atoms with Crippen molar-refractivity contribution in [3.63, 3.8) is 0 Å². The number of benzene rings is 1. The molecular formula is C16H16N4O3. The van der Waals surface area contributed by atoms with E-state index in [9.17, 15) is 14.4 Å². The Morgan fingerprint density at radius 2 is 1.65 bits per heavy atom. The zero-order valence-corrected chi connectivity index (χ0v) is 12.6. The first-order valence-corrected chi connectivity index (χ1v) is 7.65. The number of aromatic nitrogens is 3. The summed E-state index contributed by atoms with van der Waals surface area (Å²) in [4.78, 5) is 39.7. The van der Waals surface area contributed by atoms with E-state index in [2.05, 4.69) is 0 Å². The van der Waals surface area contributed by atoms with Crippen molar-refractivity contribution in [2.75, 3.05) is 6.54 Å². The molecule has 0 radical (unpaired) electrons. The largest absolute Gasteiger partial charge is 0.354 e.